The predicted molar refractivity (Wildman–Crippen MR) is 95.8 cm³/mol. The lowest BCUT2D eigenvalue weighted by molar-refractivity contribution is -0.153. The molecule has 0 saturated carbocycles. The first-order valence-corrected chi connectivity index (χ1v) is 8.97. The summed E-state index contributed by atoms with van der Waals surface area (Å²) in [5.41, 5.74) is 1.17. The molecule has 0 amide bonds. The summed E-state index contributed by atoms with van der Waals surface area (Å²) in [6.07, 6.45) is 0.467. The Hall–Kier alpha value is 1.19. The highest BCUT2D eigenvalue weighted by atomic mass is 127. The maximum atomic E-state index is 10.4. The highest BCUT2D eigenvalue weighted by Gasteiger charge is 2.40. The molecule has 1 saturated heterocycles. The molecular formula is C12H23BIO3PS. The van der Waals surface area contributed by atoms with Crippen molar-refractivity contribution < 1.29 is 14.5 Å². The molecule has 3 nitrogen and oxygen atoms in total. The standard InChI is InChI=1S/C12H23BIO3PS/c1-7(6-14)12-9(3)11(15)8(2)10(17-12)4-5-16-13(18)19/h6,8-12,15,19H,4-5,18H2,1-3H3/t8-,9+,10+,11-,12-/m0/s1. The highest BCUT2D eigenvalue weighted by Crippen LogP contribution is 2.35. The van der Waals surface area contributed by atoms with Gasteiger partial charge >= 0.3 is 5.91 Å². The molecule has 0 aromatic rings. The molecule has 0 aromatic heterocycles. The molecule has 7 heteroatoms. The second kappa shape index (κ2) is 8.59. The van der Waals surface area contributed by atoms with Crippen LogP contribution in [0.5, 0.6) is 0 Å². The van der Waals surface area contributed by atoms with E-state index >= 15 is 0 Å². The van der Waals surface area contributed by atoms with Gasteiger partial charge in [-0.05, 0) is 23.0 Å². The minimum Gasteiger partial charge on any atom is -0.422 e. The minimum atomic E-state index is -0.335. The molecular weight excluding hydrogens is 393 g/mol. The molecule has 1 unspecified atom stereocenters. The second-order valence-corrected chi connectivity index (χ2v) is 7.51. The van der Waals surface area contributed by atoms with Crippen LogP contribution in [0.2, 0.25) is 0 Å². The summed E-state index contributed by atoms with van der Waals surface area (Å²) in [5, 5.41) is 10.4. The van der Waals surface area contributed by atoms with Gasteiger partial charge in [-0.3, -0.25) is 0 Å². The number of rotatable bonds is 5. The maximum absolute atomic E-state index is 10.4. The molecule has 19 heavy (non-hydrogen) atoms. The van der Waals surface area contributed by atoms with Crippen molar-refractivity contribution in [2.75, 3.05) is 6.61 Å². The average Bonchev–Trinajstić information content (AvgIpc) is 2.37. The lowest BCUT2D eigenvalue weighted by Gasteiger charge is -2.43. The molecule has 1 fully saturated rings. The molecule has 0 spiro atoms. The Morgan fingerprint density at radius 2 is 2.16 bits per heavy atom. The zero-order valence-electron chi connectivity index (χ0n) is 11.6. The van der Waals surface area contributed by atoms with Gasteiger partial charge in [-0.15, -0.1) is 9.12 Å². The summed E-state index contributed by atoms with van der Waals surface area (Å²) in [7, 11) is 2.49. The van der Waals surface area contributed by atoms with Crippen LogP contribution in [0.4, 0.5) is 0 Å². The first kappa shape index (κ1) is 18.2. The molecule has 1 aliphatic rings. The second-order valence-electron chi connectivity index (χ2n) is 5.21. The Morgan fingerprint density at radius 3 is 2.68 bits per heavy atom. The third-order valence-electron chi connectivity index (χ3n) is 3.77. The number of hydrogen-bond donors (Lipinski definition) is 2. The lowest BCUT2D eigenvalue weighted by atomic mass is 9.80. The third-order valence-corrected chi connectivity index (χ3v) is 5.10. The minimum absolute atomic E-state index is 0.00380. The Morgan fingerprint density at radius 1 is 1.53 bits per heavy atom. The van der Waals surface area contributed by atoms with Crippen molar-refractivity contribution in [1.82, 2.24) is 0 Å². The first-order chi connectivity index (χ1) is 8.88. The zero-order valence-corrected chi connectivity index (χ0v) is 15.8. The van der Waals surface area contributed by atoms with E-state index in [0.717, 1.165) is 6.42 Å². The smallest absolute Gasteiger partial charge is 0.380 e. The number of ether oxygens (including phenoxy) is 1. The number of aliphatic hydroxyl groups is 1. The van der Waals surface area contributed by atoms with E-state index in [2.05, 4.69) is 58.0 Å². The van der Waals surface area contributed by atoms with Crippen molar-refractivity contribution in [3.63, 3.8) is 0 Å². The van der Waals surface area contributed by atoms with E-state index in [-0.39, 0.29) is 36.1 Å². The van der Waals surface area contributed by atoms with E-state index in [0.29, 0.717) is 6.61 Å². The van der Waals surface area contributed by atoms with Gasteiger partial charge in [-0.2, -0.15) is 12.5 Å². The van der Waals surface area contributed by atoms with E-state index in [1.54, 1.807) is 0 Å². The van der Waals surface area contributed by atoms with Crippen LogP contribution in [0.1, 0.15) is 27.2 Å². The zero-order chi connectivity index (χ0) is 14.6. The molecule has 6 atom stereocenters. The maximum Gasteiger partial charge on any atom is 0.380 e. The number of thiol groups is 1. The summed E-state index contributed by atoms with van der Waals surface area (Å²) in [6, 6.07) is 0. The quantitative estimate of drug-likeness (QED) is 0.314. The topological polar surface area (TPSA) is 38.7 Å². The Balaban J connectivity index is 2.65. The van der Waals surface area contributed by atoms with Gasteiger partial charge in [0.15, 0.2) is 0 Å². The van der Waals surface area contributed by atoms with Gasteiger partial charge in [-0.25, -0.2) is 0 Å². The predicted octanol–water partition coefficient (Wildman–Crippen LogP) is 2.92. The largest absolute Gasteiger partial charge is 0.422 e. The van der Waals surface area contributed by atoms with E-state index in [9.17, 15) is 5.11 Å². The molecule has 1 rings (SSSR count). The fraction of sp³-hybridized carbons (Fsp3) is 0.833. The molecule has 1 N–H and O–H groups in total. The summed E-state index contributed by atoms with van der Waals surface area (Å²) >= 11 is 6.38. The van der Waals surface area contributed by atoms with Gasteiger partial charge < -0.3 is 14.5 Å². The summed E-state index contributed by atoms with van der Waals surface area (Å²) in [5.74, 6) is 0.104. The van der Waals surface area contributed by atoms with E-state index in [1.807, 2.05) is 11.0 Å². The first-order valence-electron chi connectivity index (χ1n) is 6.54. The Labute approximate surface area is 138 Å². The molecule has 1 heterocycles. The van der Waals surface area contributed by atoms with Gasteiger partial charge in [0.2, 0.25) is 0 Å². The van der Waals surface area contributed by atoms with Gasteiger partial charge in [0.05, 0.1) is 18.3 Å². The molecule has 0 radical (unpaired) electrons. The highest BCUT2D eigenvalue weighted by molar-refractivity contribution is 14.1. The van der Waals surface area contributed by atoms with Crippen LogP contribution in [0, 0.1) is 11.8 Å². The van der Waals surface area contributed by atoms with Gasteiger partial charge in [0.1, 0.15) is 0 Å². The Bertz CT molecular complexity index is 319. The van der Waals surface area contributed by atoms with Crippen molar-refractivity contribution >= 4 is 50.1 Å². The van der Waals surface area contributed by atoms with Crippen LogP contribution in [0.15, 0.2) is 9.66 Å². The monoisotopic (exact) mass is 416 g/mol. The summed E-state index contributed by atoms with van der Waals surface area (Å²) in [4.78, 5) is 0. The van der Waals surface area contributed by atoms with Crippen LogP contribution in [0.3, 0.4) is 0 Å². The number of halogens is 1. The third kappa shape index (κ3) is 5.15. The van der Waals surface area contributed by atoms with Crippen LogP contribution in [-0.4, -0.2) is 35.9 Å². The molecule has 0 bridgehead atoms. The van der Waals surface area contributed by atoms with Gasteiger partial charge in [0.25, 0.3) is 0 Å². The van der Waals surface area contributed by atoms with E-state index < -0.39 is 0 Å². The Kier molecular flexibility index (Phi) is 8.25. The van der Waals surface area contributed by atoms with Gasteiger partial charge in [-0.1, -0.05) is 36.4 Å². The number of aliphatic hydroxyl groups excluding tert-OH is 1. The normalized spacial score (nSPS) is 36.4. The van der Waals surface area contributed by atoms with Crippen molar-refractivity contribution in [3.8, 4) is 0 Å². The van der Waals surface area contributed by atoms with Gasteiger partial charge in [0, 0.05) is 18.4 Å². The van der Waals surface area contributed by atoms with Crippen LogP contribution >= 0.6 is 44.2 Å². The van der Waals surface area contributed by atoms with Crippen molar-refractivity contribution in [2.24, 2.45) is 11.8 Å². The summed E-state index contributed by atoms with van der Waals surface area (Å²) in [6.45, 7) is 6.74. The molecule has 110 valence electrons. The van der Waals surface area contributed by atoms with Crippen molar-refractivity contribution in [2.45, 2.75) is 45.5 Å². The molecule has 1 aliphatic heterocycles. The lowest BCUT2D eigenvalue weighted by Crippen LogP contribution is -2.49. The fourth-order valence-electron chi connectivity index (χ4n) is 2.53. The average molecular weight is 416 g/mol. The van der Waals surface area contributed by atoms with Crippen molar-refractivity contribution in [3.05, 3.63) is 9.66 Å². The number of hydrogen-bond acceptors (Lipinski definition) is 4. The van der Waals surface area contributed by atoms with Crippen LogP contribution < -0.4 is 0 Å². The fourth-order valence-corrected chi connectivity index (χ4v) is 3.13. The molecule has 0 aliphatic carbocycles. The van der Waals surface area contributed by atoms with E-state index in [1.165, 1.54) is 5.57 Å². The van der Waals surface area contributed by atoms with E-state index in [4.69, 9.17) is 9.39 Å². The summed E-state index contributed by atoms with van der Waals surface area (Å²) < 4.78 is 13.6. The SMILES string of the molecule is CC(=CI)[C@@H]1O[C@H](CCOB(P)S)[C@H](C)[C@H](O)[C@H]1C. The van der Waals surface area contributed by atoms with Crippen LogP contribution in [0.25, 0.3) is 0 Å². The molecule has 0 aromatic carbocycles. The van der Waals surface area contributed by atoms with Crippen LogP contribution in [-0.2, 0) is 9.39 Å². The van der Waals surface area contributed by atoms with Crippen molar-refractivity contribution in [1.29, 1.82) is 0 Å².